The zero-order valence-electron chi connectivity index (χ0n) is 19.2. The Morgan fingerprint density at radius 3 is 2.74 bits per heavy atom. The van der Waals surface area contributed by atoms with E-state index < -0.39 is 6.10 Å². The number of nitrogens with two attached hydrogens (primary N) is 1. The van der Waals surface area contributed by atoms with Crippen molar-refractivity contribution in [2.75, 3.05) is 54.5 Å². The Hall–Kier alpha value is -3.27. The molecule has 0 bridgehead atoms. The highest BCUT2D eigenvalue weighted by Gasteiger charge is 2.32. The standard InChI is InChI=1S/C25H30N6O3/c1-16-14-31(15-19(26)24(16)32)23-6-7-27-13-22(23)29-25(33)20-5-3-17-2-4-18(12-21(17)28-20)30-8-10-34-11-9-30/h2-7,12-13,16,19,24,32H,8-11,14-15,26H2,1H3,(H,29,33). The van der Waals surface area contributed by atoms with Gasteiger partial charge in [-0.25, -0.2) is 4.98 Å². The Kier molecular flexibility index (Phi) is 6.32. The topological polar surface area (TPSA) is 117 Å². The van der Waals surface area contributed by atoms with Crippen LogP contribution >= 0.6 is 0 Å². The molecule has 9 nitrogen and oxygen atoms in total. The molecule has 1 amide bonds. The molecule has 0 radical (unpaired) electrons. The van der Waals surface area contributed by atoms with Gasteiger partial charge in [-0.05, 0) is 24.3 Å². The lowest BCUT2D eigenvalue weighted by molar-refractivity contribution is 0.0785. The maximum Gasteiger partial charge on any atom is 0.274 e. The Morgan fingerprint density at radius 2 is 1.94 bits per heavy atom. The molecule has 2 aromatic heterocycles. The fourth-order valence-electron chi connectivity index (χ4n) is 4.71. The Bertz CT molecular complexity index is 1170. The normalized spacial score (nSPS) is 23.2. The number of nitrogens with zero attached hydrogens (tertiary/aromatic N) is 4. The van der Waals surface area contributed by atoms with Crippen molar-refractivity contribution in [2.45, 2.75) is 19.1 Å². The number of hydrogen-bond donors (Lipinski definition) is 3. The van der Waals surface area contributed by atoms with E-state index in [0.29, 0.717) is 37.7 Å². The summed E-state index contributed by atoms with van der Waals surface area (Å²) in [5.41, 5.74) is 9.74. The molecule has 2 fully saturated rings. The second-order valence-corrected chi connectivity index (χ2v) is 9.06. The molecular weight excluding hydrogens is 432 g/mol. The van der Waals surface area contributed by atoms with Crippen LogP contribution in [0.3, 0.4) is 0 Å². The van der Waals surface area contributed by atoms with Gasteiger partial charge in [0.1, 0.15) is 5.69 Å². The van der Waals surface area contributed by atoms with E-state index in [1.54, 1.807) is 18.5 Å². The van der Waals surface area contributed by atoms with Crippen molar-refractivity contribution in [3.05, 3.63) is 54.5 Å². The number of rotatable bonds is 4. The number of aliphatic hydroxyl groups excluding tert-OH is 1. The number of aliphatic hydroxyl groups is 1. The molecule has 0 spiro atoms. The maximum absolute atomic E-state index is 13.1. The zero-order chi connectivity index (χ0) is 23.7. The van der Waals surface area contributed by atoms with Crippen LogP contribution in [0.2, 0.25) is 0 Å². The minimum Gasteiger partial charge on any atom is -0.391 e. The average Bonchev–Trinajstić information content (AvgIpc) is 2.87. The molecule has 1 aromatic carbocycles. The lowest BCUT2D eigenvalue weighted by Gasteiger charge is -2.40. The number of amides is 1. The summed E-state index contributed by atoms with van der Waals surface area (Å²) >= 11 is 0. The molecule has 9 heteroatoms. The summed E-state index contributed by atoms with van der Waals surface area (Å²) in [4.78, 5) is 26.3. The van der Waals surface area contributed by atoms with Crippen molar-refractivity contribution in [3.8, 4) is 0 Å². The summed E-state index contributed by atoms with van der Waals surface area (Å²) in [6.07, 6.45) is 2.78. The van der Waals surface area contributed by atoms with E-state index in [1.807, 2.05) is 31.2 Å². The number of piperidine rings is 1. The Morgan fingerprint density at radius 1 is 1.15 bits per heavy atom. The van der Waals surface area contributed by atoms with Gasteiger partial charge >= 0.3 is 0 Å². The van der Waals surface area contributed by atoms with Crippen molar-refractivity contribution in [3.63, 3.8) is 0 Å². The minimum atomic E-state index is -0.541. The summed E-state index contributed by atoms with van der Waals surface area (Å²) in [5.74, 6) is -0.286. The van der Waals surface area contributed by atoms with Gasteiger partial charge in [0, 0.05) is 55.4 Å². The monoisotopic (exact) mass is 462 g/mol. The molecule has 0 saturated carbocycles. The number of morpholine rings is 1. The summed E-state index contributed by atoms with van der Waals surface area (Å²) in [5, 5.41) is 14.2. The number of carbonyl (C=O) groups excluding carboxylic acids is 1. The van der Waals surface area contributed by atoms with Gasteiger partial charge in [-0.3, -0.25) is 9.78 Å². The van der Waals surface area contributed by atoms with E-state index in [0.717, 1.165) is 35.4 Å². The highest BCUT2D eigenvalue weighted by atomic mass is 16.5. The summed E-state index contributed by atoms with van der Waals surface area (Å²) in [7, 11) is 0. The fourth-order valence-corrected chi connectivity index (χ4v) is 4.71. The molecule has 3 atom stereocenters. The predicted molar refractivity (Wildman–Crippen MR) is 132 cm³/mol. The molecule has 3 aromatic rings. The van der Waals surface area contributed by atoms with Crippen LogP contribution in [0.4, 0.5) is 17.1 Å². The van der Waals surface area contributed by atoms with Crippen LogP contribution in [0, 0.1) is 5.92 Å². The first-order valence-electron chi connectivity index (χ1n) is 11.7. The van der Waals surface area contributed by atoms with Crippen LogP contribution in [-0.2, 0) is 4.74 Å². The second-order valence-electron chi connectivity index (χ2n) is 9.06. The number of carbonyl (C=O) groups is 1. The van der Waals surface area contributed by atoms with Crippen LogP contribution in [0.1, 0.15) is 17.4 Å². The predicted octanol–water partition coefficient (Wildman–Crippen LogP) is 1.86. The average molecular weight is 463 g/mol. The molecule has 3 unspecified atom stereocenters. The van der Waals surface area contributed by atoms with Crippen LogP contribution in [0.25, 0.3) is 10.9 Å². The summed E-state index contributed by atoms with van der Waals surface area (Å²) in [6.45, 7) is 6.20. The SMILES string of the molecule is CC1CN(c2ccncc2NC(=O)c2ccc3ccc(N4CCOCC4)cc3n2)CC(N)C1O. The van der Waals surface area contributed by atoms with Crippen molar-refractivity contribution in [1.29, 1.82) is 0 Å². The highest BCUT2D eigenvalue weighted by Crippen LogP contribution is 2.30. The third-order valence-electron chi connectivity index (χ3n) is 6.63. The minimum absolute atomic E-state index is 0.0169. The number of ether oxygens (including phenoxy) is 1. The van der Waals surface area contributed by atoms with Crippen LogP contribution < -0.4 is 20.9 Å². The van der Waals surface area contributed by atoms with E-state index in [-0.39, 0.29) is 17.9 Å². The first-order chi connectivity index (χ1) is 16.5. The van der Waals surface area contributed by atoms with Gasteiger partial charge in [0.15, 0.2) is 0 Å². The van der Waals surface area contributed by atoms with Gasteiger partial charge < -0.3 is 30.7 Å². The molecule has 0 aliphatic carbocycles. The molecule has 2 aliphatic heterocycles. The lowest BCUT2D eigenvalue weighted by Crippen LogP contribution is -2.55. The quantitative estimate of drug-likeness (QED) is 0.538. The van der Waals surface area contributed by atoms with Gasteiger partial charge in [-0.15, -0.1) is 0 Å². The van der Waals surface area contributed by atoms with Gasteiger partial charge in [0.2, 0.25) is 0 Å². The number of fused-ring (bicyclic) bond motifs is 1. The second kappa shape index (κ2) is 9.54. The number of pyridine rings is 2. The smallest absolute Gasteiger partial charge is 0.274 e. The summed E-state index contributed by atoms with van der Waals surface area (Å²) in [6, 6.07) is 11.3. The van der Waals surface area contributed by atoms with Gasteiger partial charge in [0.25, 0.3) is 5.91 Å². The maximum atomic E-state index is 13.1. The molecule has 2 aliphatic rings. The van der Waals surface area contributed by atoms with Crippen LogP contribution in [0.5, 0.6) is 0 Å². The van der Waals surface area contributed by atoms with E-state index in [1.165, 1.54) is 0 Å². The third-order valence-corrected chi connectivity index (χ3v) is 6.63. The van der Waals surface area contributed by atoms with Crippen LogP contribution in [-0.4, -0.2) is 72.5 Å². The number of benzene rings is 1. The molecular formula is C25H30N6O3. The number of aromatic nitrogens is 2. The first-order valence-corrected chi connectivity index (χ1v) is 11.7. The summed E-state index contributed by atoms with van der Waals surface area (Å²) < 4.78 is 5.45. The fraction of sp³-hybridized carbons (Fsp3) is 0.400. The molecule has 5 rings (SSSR count). The Labute approximate surface area is 198 Å². The van der Waals surface area contributed by atoms with Gasteiger partial charge in [0.05, 0.1) is 42.4 Å². The van der Waals surface area contributed by atoms with E-state index in [4.69, 9.17) is 10.5 Å². The van der Waals surface area contributed by atoms with Crippen molar-refractivity contribution < 1.29 is 14.6 Å². The van der Waals surface area contributed by atoms with Crippen molar-refractivity contribution in [2.24, 2.45) is 11.7 Å². The zero-order valence-corrected chi connectivity index (χ0v) is 19.2. The molecule has 2 saturated heterocycles. The van der Waals surface area contributed by atoms with E-state index >= 15 is 0 Å². The van der Waals surface area contributed by atoms with Gasteiger partial charge in [-0.1, -0.05) is 19.1 Å². The third kappa shape index (κ3) is 4.54. The van der Waals surface area contributed by atoms with Crippen molar-refractivity contribution >= 4 is 33.9 Å². The lowest BCUT2D eigenvalue weighted by atomic mass is 9.92. The largest absolute Gasteiger partial charge is 0.391 e. The highest BCUT2D eigenvalue weighted by molar-refractivity contribution is 6.05. The number of hydrogen-bond acceptors (Lipinski definition) is 8. The molecule has 34 heavy (non-hydrogen) atoms. The molecule has 4 N–H and O–H groups in total. The van der Waals surface area contributed by atoms with Crippen LogP contribution in [0.15, 0.2) is 48.8 Å². The van der Waals surface area contributed by atoms with Gasteiger partial charge in [-0.2, -0.15) is 0 Å². The first kappa shape index (κ1) is 22.5. The molecule has 178 valence electrons. The van der Waals surface area contributed by atoms with E-state index in [9.17, 15) is 9.90 Å². The number of anilines is 3. The molecule has 4 heterocycles. The van der Waals surface area contributed by atoms with Crippen molar-refractivity contribution in [1.82, 2.24) is 9.97 Å². The number of nitrogens with one attached hydrogen (secondary N) is 1. The van der Waals surface area contributed by atoms with E-state index in [2.05, 4.69) is 31.2 Å². The Balaban J connectivity index is 1.38.